The molecule has 0 aliphatic carbocycles. The number of nitrogen functional groups attached to an aromatic ring is 1. The van der Waals surface area contributed by atoms with Gasteiger partial charge in [-0.2, -0.15) is 0 Å². The molecule has 4 nitrogen and oxygen atoms in total. The first kappa shape index (κ1) is 12.2. The standard InChI is InChI=1S/C12H15NO3/c1-3-10(14)8-6-5-7-9(13)11(8)12(15)16-4-2/h5-7H,3-4,13H2,1-2H3. The van der Waals surface area contributed by atoms with Crippen molar-refractivity contribution >= 4 is 17.4 Å². The van der Waals surface area contributed by atoms with Gasteiger partial charge in [0.1, 0.15) is 0 Å². The predicted molar refractivity (Wildman–Crippen MR) is 61.4 cm³/mol. The van der Waals surface area contributed by atoms with Crippen LogP contribution in [-0.2, 0) is 4.74 Å². The van der Waals surface area contributed by atoms with E-state index in [1.807, 2.05) is 0 Å². The smallest absolute Gasteiger partial charge is 0.340 e. The summed E-state index contributed by atoms with van der Waals surface area (Å²) in [5, 5.41) is 0. The molecule has 0 aliphatic heterocycles. The predicted octanol–water partition coefficient (Wildman–Crippen LogP) is 2.04. The number of carbonyl (C=O) groups is 2. The summed E-state index contributed by atoms with van der Waals surface area (Å²) in [6.45, 7) is 3.70. The lowest BCUT2D eigenvalue weighted by Crippen LogP contribution is -2.14. The van der Waals surface area contributed by atoms with E-state index in [0.717, 1.165) is 0 Å². The molecule has 0 saturated carbocycles. The Morgan fingerprint density at radius 3 is 2.56 bits per heavy atom. The van der Waals surface area contributed by atoms with Gasteiger partial charge in [-0.1, -0.05) is 19.1 Å². The third-order valence-electron chi connectivity index (χ3n) is 2.20. The highest BCUT2D eigenvalue weighted by Crippen LogP contribution is 2.19. The summed E-state index contributed by atoms with van der Waals surface area (Å²) in [5.74, 6) is -0.659. The van der Waals surface area contributed by atoms with Gasteiger partial charge in [0.15, 0.2) is 5.78 Å². The van der Waals surface area contributed by atoms with Crippen LogP contribution in [0.5, 0.6) is 0 Å². The molecule has 0 saturated heterocycles. The fourth-order valence-electron chi connectivity index (χ4n) is 1.42. The van der Waals surface area contributed by atoms with Crippen molar-refractivity contribution in [2.75, 3.05) is 12.3 Å². The van der Waals surface area contributed by atoms with E-state index in [0.29, 0.717) is 12.0 Å². The van der Waals surface area contributed by atoms with Crippen LogP contribution < -0.4 is 5.73 Å². The summed E-state index contributed by atoms with van der Waals surface area (Å²) in [6, 6.07) is 4.83. The number of esters is 1. The molecule has 0 aliphatic rings. The van der Waals surface area contributed by atoms with Gasteiger partial charge in [-0.05, 0) is 13.0 Å². The number of hydrogen-bond donors (Lipinski definition) is 1. The topological polar surface area (TPSA) is 69.4 Å². The van der Waals surface area contributed by atoms with E-state index in [4.69, 9.17) is 10.5 Å². The maximum Gasteiger partial charge on any atom is 0.340 e. The van der Waals surface area contributed by atoms with Crippen molar-refractivity contribution in [1.82, 2.24) is 0 Å². The molecule has 1 aromatic carbocycles. The largest absolute Gasteiger partial charge is 0.462 e. The van der Waals surface area contributed by atoms with E-state index in [1.165, 1.54) is 0 Å². The first-order valence-electron chi connectivity index (χ1n) is 5.20. The lowest BCUT2D eigenvalue weighted by molar-refractivity contribution is 0.0524. The summed E-state index contributed by atoms with van der Waals surface area (Å²) in [4.78, 5) is 23.3. The molecule has 0 bridgehead atoms. The molecule has 86 valence electrons. The first-order valence-corrected chi connectivity index (χ1v) is 5.20. The van der Waals surface area contributed by atoms with Crippen LogP contribution in [0.1, 0.15) is 41.0 Å². The molecule has 0 atom stereocenters. The van der Waals surface area contributed by atoms with Gasteiger partial charge in [-0.3, -0.25) is 4.79 Å². The van der Waals surface area contributed by atoms with Crippen molar-refractivity contribution in [2.24, 2.45) is 0 Å². The molecule has 0 radical (unpaired) electrons. The molecule has 2 N–H and O–H groups in total. The highest BCUT2D eigenvalue weighted by Gasteiger charge is 2.19. The molecule has 0 aromatic heterocycles. The molecule has 0 spiro atoms. The zero-order valence-electron chi connectivity index (χ0n) is 9.45. The Hall–Kier alpha value is -1.84. The van der Waals surface area contributed by atoms with Crippen LogP contribution in [0.4, 0.5) is 5.69 Å². The van der Waals surface area contributed by atoms with Gasteiger partial charge in [-0.15, -0.1) is 0 Å². The minimum atomic E-state index is -0.544. The Kier molecular flexibility index (Phi) is 4.05. The highest BCUT2D eigenvalue weighted by molar-refractivity contribution is 6.09. The Bertz CT molecular complexity index is 413. The van der Waals surface area contributed by atoms with Crippen molar-refractivity contribution < 1.29 is 14.3 Å². The fourth-order valence-corrected chi connectivity index (χ4v) is 1.42. The van der Waals surface area contributed by atoms with Gasteiger partial charge >= 0.3 is 5.97 Å². The summed E-state index contributed by atoms with van der Waals surface area (Å²) >= 11 is 0. The molecule has 4 heteroatoms. The molecule has 1 aromatic rings. The van der Waals surface area contributed by atoms with Gasteiger partial charge in [0.2, 0.25) is 0 Å². The third-order valence-corrected chi connectivity index (χ3v) is 2.20. The quantitative estimate of drug-likeness (QED) is 0.480. The minimum absolute atomic E-state index is 0.115. The number of hydrogen-bond acceptors (Lipinski definition) is 4. The molecular formula is C12H15NO3. The second kappa shape index (κ2) is 5.30. The SMILES string of the molecule is CCOC(=O)c1c(N)cccc1C(=O)CC. The Morgan fingerprint density at radius 2 is 2.00 bits per heavy atom. The second-order valence-electron chi connectivity index (χ2n) is 3.27. The summed E-state index contributed by atoms with van der Waals surface area (Å²) in [6.07, 6.45) is 0.329. The van der Waals surface area contributed by atoms with E-state index < -0.39 is 5.97 Å². The van der Waals surface area contributed by atoms with Crippen molar-refractivity contribution in [3.8, 4) is 0 Å². The second-order valence-corrected chi connectivity index (χ2v) is 3.27. The number of benzene rings is 1. The van der Waals surface area contributed by atoms with E-state index >= 15 is 0 Å². The monoisotopic (exact) mass is 221 g/mol. The van der Waals surface area contributed by atoms with E-state index in [9.17, 15) is 9.59 Å². The van der Waals surface area contributed by atoms with Crippen molar-refractivity contribution in [3.05, 3.63) is 29.3 Å². The van der Waals surface area contributed by atoms with Crippen LogP contribution in [0.3, 0.4) is 0 Å². The number of nitrogens with two attached hydrogens (primary N) is 1. The minimum Gasteiger partial charge on any atom is -0.462 e. The number of Topliss-reactive ketones (excluding diaryl/α,β-unsaturated/α-hetero) is 1. The van der Waals surface area contributed by atoms with Crippen LogP contribution in [0.25, 0.3) is 0 Å². The van der Waals surface area contributed by atoms with Crippen molar-refractivity contribution in [2.45, 2.75) is 20.3 Å². The lowest BCUT2D eigenvalue weighted by atomic mass is 10.0. The van der Waals surface area contributed by atoms with E-state index in [-0.39, 0.29) is 23.6 Å². The average molecular weight is 221 g/mol. The van der Waals surface area contributed by atoms with Crippen LogP contribution in [0, 0.1) is 0 Å². The molecule has 0 fully saturated rings. The van der Waals surface area contributed by atoms with E-state index in [2.05, 4.69) is 0 Å². The number of rotatable bonds is 4. The summed E-state index contributed by atoms with van der Waals surface area (Å²) < 4.78 is 4.87. The Labute approximate surface area is 94.4 Å². The average Bonchev–Trinajstić information content (AvgIpc) is 2.27. The third kappa shape index (κ3) is 2.39. The van der Waals surface area contributed by atoms with Gasteiger partial charge in [0.25, 0.3) is 0 Å². The maximum atomic E-state index is 11.7. The molecule has 0 amide bonds. The van der Waals surface area contributed by atoms with Crippen LogP contribution in [-0.4, -0.2) is 18.4 Å². The zero-order valence-corrected chi connectivity index (χ0v) is 9.45. The van der Waals surface area contributed by atoms with Crippen molar-refractivity contribution in [1.29, 1.82) is 0 Å². The number of ketones is 1. The molecule has 0 unspecified atom stereocenters. The van der Waals surface area contributed by atoms with Gasteiger partial charge in [0, 0.05) is 17.7 Å². The maximum absolute atomic E-state index is 11.7. The normalized spacial score (nSPS) is 9.88. The van der Waals surface area contributed by atoms with Crippen LogP contribution in [0.15, 0.2) is 18.2 Å². The summed E-state index contributed by atoms with van der Waals surface area (Å²) in [7, 11) is 0. The number of ether oxygens (including phenoxy) is 1. The molecular weight excluding hydrogens is 206 g/mol. The van der Waals surface area contributed by atoms with Crippen molar-refractivity contribution in [3.63, 3.8) is 0 Å². The zero-order chi connectivity index (χ0) is 12.1. The Balaban J connectivity index is 3.23. The van der Waals surface area contributed by atoms with Gasteiger partial charge < -0.3 is 10.5 Å². The fraction of sp³-hybridized carbons (Fsp3) is 0.333. The molecule has 0 heterocycles. The Morgan fingerprint density at radius 1 is 1.31 bits per heavy atom. The number of carbonyl (C=O) groups excluding carboxylic acids is 2. The number of anilines is 1. The van der Waals surface area contributed by atoms with Crippen LogP contribution in [0.2, 0.25) is 0 Å². The van der Waals surface area contributed by atoms with Crippen LogP contribution >= 0.6 is 0 Å². The molecule has 1 rings (SSSR count). The van der Waals surface area contributed by atoms with E-state index in [1.54, 1.807) is 32.0 Å². The van der Waals surface area contributed by atoms with Gasteiger partial charge in [-0.25, -0.2) is 4.79 Å². The lowest BCUT2D eigenvalue weighted by Gasteiger charge is -2.09. The first-order chi connectivity index (χ1) is 7.61. The highest BCUT2D eigenvalue weighted by atomic mass is 16.5. The van der Waals surface area contributed by atoms with Gasteiger partial charge in [0.05, 0.1) is 12.2 Å². The molecule has 16 heavy (non-hydrogen) atoms. The summed E-state index contributed by atoms with van der Waals surface area (Å²) in [5.41, 5.74) is 6.48.